The average Bonchev–Trinajstić information content (AvgIpc) is 2.94. The maximum Gasteiger partial charge on any atom is 0.0478 e. The first-order chi connectivity index (χ1) is 7.92. The Morgan fingerprint density at radius 1 is 1.31 bits per heavy atom. The molecule has 2 atom stereocenters. The molecule has 16 heavy (non-hydrogen) atoms. The Morgan fingerprint density at radius 3 is 3.00 bits per heavy atom. The summed E-state index contributed by atoms with van der Waals surface area (Å²) >= 11 is 0. The van der Waals surface area contributed by atoms with Crippen LogP contribution in [0.5, 0.6) is 0 Å². The number of likely N-dealkylation sites (tertiary alicyclic amines) is 1. The Bertz CT molecular complexity index is 192. The molecule has 0 aromatic heterocycles. The van der Waals surface area contributed by atoms with Crippen LogP contribution in [0, 0.1) is 0 Å². The molecule has 1 N–H and O–H groups in total. The normalized spacial score (nSPS) is 31.3. The van der Waals surface area contributed by atoms with Gasteiger partial charge in [0, 0.05) is 31.8 Å². The summed E-state index contributed by atoms with van der Waals surface area (Å²) in [6.07, 6.45) is 6.72. The van der Waals surface area contributed by atoms with Crippen molar-refractivity contribution in [2.45, 2.75) is 51.1 Å². The Morgan fingerprint density at radius 2 is 2.25 bits per heavy atom. The molecular formula is C13H26N2O. The molecule has 2 unspecified atom stereocenters. The summed E-state index contributed by atoms with van der Waals surface area (Å²) in [4.78, 5) is 2.68. The van der Waals surface area contributed by atoms with E-state index >= 15 is 0 Å². The minimum absolute atomic E-state index is 0.773. The predicted molar refractivity (Wildman–Crippen MR) is 66.7 cm³/mol. The van der Waals surface area contributed by atoms with Gasteiger partial charge in [-0.2, -0.15) is 0 Å². The van der Waals surface area contributed by atoms with E-state index in [1.54, 1.807) is 0 Å². The van der Waals surface area contributed by atoms with Gasteiger partial charge < -0.3 is 10.1 Å². The van der Waals surface area contributed by atoms with Crippen molar-refractivity contribution in [2.75, 3.05) is 32.8 Å². The zero-order valence-corrected chi connectivity index (χ0v) is 10.6. The number of rotatable bonds is 6. The van der Waals surface area contributed by atoms with Crippen LogP contribution < -0.4 is 5.32 Å². The van der Waals surface area contributed by atoms with Gasteiger partial charge >= 0.3 is 0 Å². The molecule has 0 aromatic rings. The quantitative estimate of drug-likeness (QED) is 0.697. The lowest BCUT2D eigenvalue weighted by Gasteiger charge is -2.29. The fourth-order valence-electron chi connectivity index (χ4n) is 3.14. The number of nitrogens with zero attached hydrogens (tertiary/aromatic N) is 1. The van der Waals surface area contributed by atoms with Gasteiger partial charge in [0.25, 0.3) is 0 Å². The second-order valence-electron chi connectivity index (χ2n) is 5.00. The summed E-state index contributed by atoms with van der Waals surface area (Å²) in [5.41, 5.74) is 0. The predicted octanol–water partition coefficient (Wildman–Crippen LogP) is 1.63. The highest BCUT2D eigenvalue weighted by Crippen LogP contribution is 2.24. The van der Waals surface area contributed by atoms with E-state index in [-0.39, 0.29) is 0 Å². The monoisotopic (exact) mass is 226 g/mol. The summed E-state index contributed by atoms with van der Waals surface area (Å²) < 4.78 is 5.41. The third-order valence-corrected chi connectivity index (χ3v) is 3.92. The van der Waals surface area contributed by atoms with Crippen LogP contribution in [-0.4, -0.2) is 49.8 Å². The molecule has 2 saturated heterocycles. The fourth-order valence-corrected chi connectivity index (χ4v) is 3.14. The van der Waals surface area contributed by atoms with E-state index in [0.29, 0.717) is 0 Å². The lowest BCUT2D eigenvalue weighted by atomic mass is 10.0. The highest BCUT2D eigenvalue weighted by Gasteiger charge is 2.32. The van der Waals surface area contributed by atoms with Gasteiger partial charge in [-0.05, 0) is 52.1 Å². The van der Waals surface area contributed by atoms with Gasteiger partial charge in [-0.25, -0.2) is 0 Å². The third kappa shape index (κ3) is 3.19. The van der Waals surface area contributed by atoms with Crippen LogP contribution in [0.3, 0.4) is 0 Å². The summed E-state index contributed by atoms with van der Waals surface area (Å²) in [5.74, 6) is 0. The molecule has 0 bridgehead atoms. The van der Waals surface area contributed by atoms with E-state index in [1.807, 2.05) is 0 Å². The maximum absolute atomic E-state index is 5.41. The van der Waals surface area contributed by atoms with Crippen molar-refractivity contribution in [1.29, 1.82) is 0 Å². The van der Waals surface area contributed by atoms with Gasteiger partial charge in [0.1, 0.15) is 0 Å². The third-order valence-electron chi connectivity index (χ3n) is 3.92. The minimum Gasteiger partial charge on any atom is -0.382 e. The molecule has 2 aliphatic rings. The molecule has 2 heterocycles. The molecule has 0 radical (unpaired) electrons. The van der Waals surface area contributed by atoms with Crippen LogP contribution in [0.15, 0.2) is 0 Å². The lowest BCUT2D eigenvalue weighted by molar-refractivity contribution is 0.125. The smallest absolute Gasteiger partial charge is 0.0478 e. The van der Waals surface area contributed by atoms with Crippen LogP contribution in [0.2, 0.25) is 0 Å². The van der Waals surface area contributed by atoms with E-state index in [9.17, 15) is 0 Å². The van der Waals surface area contributed by atoms with Gasteiger partial charge in [0.05, 0.1) is 0 Å². The van der Waals surface area contributed by atoms with E-state index in [0.717, 1.165) is 25.3 Å². The zero-order chi connectivity index (χ0) is 11.2. The summed E-state index contributed by atoms with van der Waals surface area (Å²) in [6, 6.07) is 1.58. The Balaban J connectivity index is 1.70. The van der Waals surface area contributed by atoms with E-state index in [1.165, 1.54) is 51.7 Å². The Labute approximate surface area is 99.5 Å². The van der Waals surface area contributed by atoms with Gasteiger partial charge in [0.2, 0.25) is 0 Å². The SMILES string of the molecule is CCOCCCN1CCCC1C1CCCN1. The second-order valence-corrected chi connectivity index (χ2v) is 5.00. The molecule has 2 rings (SSSR count). The van der Waals surface area contributed by atoms with Crippen molar-refractivity contribution in [3.05, 3.63) is 0 Å². The van der Waals surface area contributed by atoms with Crippen molar-refractivity contribution in [3.8, 4) is 0 Å². The molecule has 3 nitrogen and oxygen atoms in total. The van der Waals surface area contributed by atoms with Crippen LogP contribution in [0.4, 0.5) is 0 Å². The first-order valence-corrected chi connectivity index (χ1v) is 6.97. The summed E-state index contributed by atoms with van der Waals surface area (Å²) in [7, 11) is 0. The van der Waals surface area contributed by atoms with Crippen molar-refractivity contribution in [1.82, 2.24) is 10.2 Å². The molecule has 0 spiro atoms. The molecule has 0 aliphatic carbocycles. The van der Waals surface area contributed by atoms with Crippen molar-refractivity contribution in [2.24, 2.45) is 0 Å². The zero-order valence-electron chi connectivity index (χ0n) is 10.6. The Hall–Kier alpha value is -0.120. The van der Waals surface area contributed by atoms with Crippen LogP contribution in [0.25, 0.3) is 0 Å². The van der Waals surface area contributed by atoms with Crippen LogP contribution in [-0.2, 0) is 4.74 Å². The molecule has 0 aromatic carbocycles. The molecule has 2 fully saturated rings. The fraction of sp³-hybridized carbons (Fsp3) is 1.00. The minimum atomic E-state index is 0.773. The van der Waals surface area contributed by atoms with Gasteiger partial charge in [-0.3, -0.25) is 4.90 Å². The number of ether oxygens (including phenoxy) is 1. The van der Waals surface area contributed by atoms with Crippen molar-refractivity contribution < 1.29 is 4.74 Å². The van der Waals surface area contributed by atoms with Gasteiger partial charge in [-0.1, -0.05) is 0 Å². The Kier molecular flexibility index (Phi) is 5.07. The standard InChI is InChI=1S/C13H26N2O/c1-2-16-11-5-10-15-9-4-7-13(15)12-6-3-8-14-12/h12-14H,2-11H2,1H3. The topological polar surface area (TPSA) is 24.5 Å². The number of hydrogen-bond acceptors (Lipinski definition) is 3. The molecular weight excluding hydrogens is 200 g/mol. The molecule has 2 aliphatic heterocycles. The number of hydrogen-bond donors (Lipinski definition) is 1. The number of nitrogens with one attached hydrogen (secondary N) is 1. The highest BCUT2D eigenvalue weighted by molar-refractivity contribution is 4.91. The van der Waals surface area contributed by atoms with Gasteiger partial charge in [-0.15, -0.1) is 0 Å². The molecule has 3 heteroatoms. The first-order valence-electron chi connectivity index (χ1n) is 6.97. The molecule has 0 amide bonds. The van der Waals surface area contributed by atoms with Crippen molar-refractivity contribution >= 4 is 0 Å². The van der Waals surface area contributed by atoms with Crippen molar-refractivity contribution in [3.63, 3.8) is 0 Å². The first kappa shape index (κ1) is 12.3. The van der Waals surface area contributed by atoms with E-state index < -0.39 is 0 Å². The van der Waals surface area contributed by atoms with Gasteiger partial charge in [0.15, 0.2) is 0 Å². The molecule has 0 saturated carbocycles. The summed E-state index contributed by atoms with van der Waals surface area (Å²) in [6.45, 7) is 7.61. The second kappa shape index (κ2) is 6.58. The molecule has 94 valence electrons. The van der Waals surface area contributed by atoms with Crippen LogP contribution >= 0.6 is 0 Å². The maximum atomic E-state index is 5.41. The summed E-state index contributed by atoms with van der Waals surface area (Å²) in [5, 5.41) is 3.66. The van der Waals surface area contributed by atoms with Crippen LogP contribution in [0.1, 0.15) is 39.0 Å². The largest absolute Gasteiger partial charge is 0.382 e. The van der Waals surface area contributed by atoms with E-state index in [4.69, 9.17) is 4.74 Å². The average molecular weight is 226 g/mol. The highest BCUT2D eigenvalue weighted by atomic mass is 16.5. The lowest BCUT2D eigenvalue weighted by Crippen LogP contribution is -2.44. The van der Waals surface area contributed by atoms with E-state index in [2.05, 4.69) is 17.1 Å².